The molecular formula is C25H31FN2O2S. The minimum atomic E-state index is -0.300. The van der Waals surface area contributed by atoms with Gasteiger partial charge in [0.25, 0.3) is 0 Å². The van der Waals surface area contributed by atoms with E-state index in [1.807, 2.05) is 18.4 Å². The van der Waals surface area contributed by atoms with Gasteiger partial charge in [-0.2, -0.15) is 0 Å². The van der Waals surface area contributed by atoms with E-state index in [1.165, 1.54) is 18.6 Å². The van der Waals surface area contributed by atoms with E-state index < -0.39 is 0 Å². The number of aryl methyl sites for hydroxylation is 1. The van der Waals surface area contributed by atoms with E-state index in [-0.39, 0.29) is 30.1 Å². The van der Waals surface area contributed by atoms with Gasteiger partial charge in [0.1, 0.15) is 12.4 Å². The van der Waals surface area contributed by atoms with Crippen LogP contribution in [0.1, 0.15) is 48.1 Å². The SMILES string of the molecule is C=CCN(CC(=O)N(Cc1ccc(F)cc1)Cc1sccc1C)C(=O)C1CCCCC1. The Balaban J connectivity index is 1.75. The fourth-order valence-corrected chi connectivity index (χ4v) is 4.96. The number of hydrogen-bond donors (Lipinski definition) is 0. The molecular weight excluding hydrogens is 411 g/mol. The third kappa shape index (κ3) is 6.50. The van der Waals surface area contributed by atoms with Crippen molar-refractivity contribution in [3.63, 3.8) is 0 Å². The number of carbonyl (C=O) groups is 2. The highest BCUT2D eigenvalue weighted by Crippen LogP contribution is 2.26. The maximum atomic E-state index is 13.4. The van der Waals surface area contributed by atoms with E-state index in [2.05, 4.69) is 6.58 Å². The number of rotatable bonds is 9. The van der Waals surface area contributed by atoms with Crippen molar-refractivity contribution in [2.24, 2.45) is 5.92 Å². The van der Waals surface area contributed by atoms with Gasteiger partial charge in [-0.15, -0.1) is 17.9 Å². The van der Waals surface area contributed by atoms with Crippen molar-refractivity contribution in [1.82, 2.24) is 9.80 Å². The standard InChI is InChI=1S/C25H31FN2O2S/c1-3-14-27(25(30)21-7-5-4-6-8-21)18-24(29)28(17-23-19(2)13-15-31-23)16-20-9-11-22(26)12-10-20/h3,9-13,15,21H,1,4-8,14,16-18H2,2H3. The zero-order valence-corrected chi connectivity index (χ0v) is 19.0. The predicted molar refractivity (Wildman–Crippen MR) is 123 cm³/mol. The van der Waals surface area contributed by atoms with Crippen LogP contribution in [-0.4, -0.2) is 34.7 Å². The summed E-state index contributed by atoms with van der Waals surface area (Å²) < 4.78 is 13.3. The number of thiophene rings is 1. The van der Waals surface area contributed by atoms with Gasteiger partial charge in [0.2, 0.25) is 11.8 Å². The molecule has 2 amide bonds. The molecule has 1 heterocycles. The van der Waals surface area contributed by atoms with Gasteiger partial charge in [-0.1, -0.05) is 37.5 Å². The Morgan fingerprint density at radius 1 is 1.10 bits per heavy atom. The number of nitrogens with zero attached hydrogens (tertiary/aromatic N) is 2. The van der Waals surface area contributed by atoms with Crippen LogP contribution in [0.5, 0.6) is 0 Å². The normalized spacial score (nSPS) is 14.3. The molecule has 1 aliphatic carbocycles. The monoisotopic (exact) mass is 442 g/mol. The van der Waals surface area contributed by atoms with Crippen LogP contribution in [0.25, 0.3) is 0 Å². The zero-order valence-electron chi connectivity index (χ0n) is 18.2. The third-order valence-electron chi connectivity index (χ3n) is 5.88. The Kier molecular flexibility index (Phi) is 8.41. The molecule has 31 heavy (non-hydrogen) atoms. The van der Waals surface area contributed by atoms with Crippen molar-refractivity contribution in [2.45, 2.75) is 52.1 Å². The molecule has 0 radical (unpaired) electrons. The van der Waals surface area contributed by atoms with Crippen molar-refractivity contribution in [3.8, 4) is 0 Å². The topological polar surface area (TPSA) is 40.6 Å². The van der Waals surface area contributed by atoms with Gasteiger partial charge < -0.3 is 9.80 Å². The lowest BCUT2D eigenvalue weighted by atomic mass is 9.88. The lowest BCUT2D eigenvalue weighted by Crippen LogP contribution is -2.45. The molecule has 4 nitrogen and oxygen atoms in total. The summed E-state index contributed by atoms with van der Waals surface area (Å²) in [6, 6.07) is 8.25. The van der Waals surface area contributed by atoms with Crippen LogP contribution >= 0.6 is 11.3 Å². The summed E-state index contributed by atoms with van der Waals surface area (Å²) in [4.78, 5) is 31.0. The van der Waals surface area contributed by atoms with E-state index in [1.54, 1.807) is 39.3 Å². The minimum Gasteiger partial charge on any atom is -0.332 e. The Hall–Kier alpha value is -2.47. The van der Waals surface area contributed by atoms with Gasteiger partial charge in [-0.25, -0.2) is 4.39 Å². The summed E-state index contributed by atoms with van der Waals surface area (Å²) in [5.41, 5.74) is 2.00. The van der Waals surface area contributed by atoms with Gasteiger partial charge >= 0.3 is 0 Å². The van der Waals surface area contributed by atoms with Crippen molar-refractivity contribution >= 4 is 23.2 Å². The van der Waals surface area contributed by atoms with E-state index in [0.29, 0.717) is 19.6 Å². The summed E-state index contributed by atoms with van der Waals surface area (Å²) >= 11 is 1.62. The lowest BCUT2D eigenvalue weighted by molar-refractivity contribution is -0.143. The first kappa shape index (κ1) is 23.2. The Morgan fingerprint density at radius 3 is 2.42 bits per heavy atom. The molecule has 1 aliphatic rings. The predicted octanol–water partition coefficient (Wildman–Crippen LogP) is 5.32. The number of hydrogen-bond acceptors (Lipinski definition) is 3. The molecule has 0 aliphatic heterocycles. The number of amides is 2. The molecule has 1 fully saturated rings. The Bertz CT molecular complexity index is 887. The molecule has 0 atom stereocenters. The van der Waals surface area contributed by atoms with E-state index in [0.717, 1.165) is 41.7 Å². The summed E-state index contributed by atoms with van der Waals surface area (Å²) in [5.74, 6) is -0.345. The Morgan fingerprint density at radius 2 is 1.81 bits per heavy atom. The fraction of sp³-hybridized carbons (Fsp3) is 0.440. The number of halogens is 1. The molecule has 0 saturated heterocycles. The number of carbonyl (C=O) groups excluding carboxylic acids is 2. The molecule has 0 unspecified atom stereocenters. The summed E-state index contributed by atoms with van der Waals surface area (Å²) in [7, 11) is 0. The quantitative estimate of drug-likeness (QED) is 0.493. The van der Waals surface area contributed by atoms with E-state index in [9.17, 15) is 14.0 Å². The molecule has 0 spiro atoms. The highest BCUT2D eigenvalue weighted by atomic mass is 32.1. The van der Waals surface area contributed by atoms with Gasteiger partial charge in [-0.3, -0.25) is 9.59 Å². The average Bonchev–Trinajstić information content (AvgIpc) is 3.19. The second kappa shape index (κ2) is 11.2. The molecule has 0 N–H and O–H groups in total. The van der Waals surface area contributed by atoms with Crippen molar-refractivity contribution in [2.75, 3.05) is 13.1 Å². The first-order chi connectivity index (χ1) is 15.0. The zero-order chi connectivity index (χ0) is 22.2. The molecule has 1 aromatic carbocycles. The van der Waals surface area contributed by atoms with Crippen LogP contribution in [0.15, 0.2) is 48.4 Å². The maximum absolute atomic E-state index is 13.4. The molecule has 1 aromatic heterocycles. The fourth-order valence-electron chi connectivity index (χ4n) is 4.04. The molecule has 2 aromatic rings. The minimum absolute atomic E-state index is 0.00610. The van der Waals surface area contributed by atoms with Crippen molar-refractivity contribution < 1.29 is 14.0 Å². The largest absolute Gasteiger partial charge is 0.332 e. The second-order valence-electron chi connectivity index (χ2n) is 8.25. The highest BCUT2D eigenvalue weighted by Gasteiger charge is 2.28. The van der Waals surface area contributed by atoms with Crippen LogP contribution in [0, 0.1) is 18.7 Å². The van der Waals surface area contributed by atoms with Gasteiger partial charge in [0.05, 0.1) is 6.54 Å². The molecule has 166 valence electrons. The van der Waals surface area contributed by atoms with Crippen LogP contribution in [0.4, 0.5) is 4.39 Å². The van der Waals surface area contributed by atoms with Gasteiger partial charge in [0, 0.05) is 23.9 Å². The van der Waals surface area contributed by atoms with Gasteiger partial charge in [-0.05, 0) is 54.5 Å². The van der Waals surface area contributed by atoms with Crippen LogP contribution in [0.2, 0.25) is 0 Å². The third-order valence-corrected chi connectivity index (χ3v) is 6.89. The van der Waals surface area contributed by atoms with Crippen molar-refractivity contribution in [3.05, 3.63) is 70.2 Å². The van der Waals surface area contributed by atoms with Gasteiger partial charge in [0.15, 0.2) is 0 Å². The first-order valence-corrected chi connectivity index (χ1v) is 11.8. The van der Waals surface area contributed by atoms with E-state index in [4.69, 9.17) is 0 Å². The van der Waals surface area contributed by atoms with Crippen LogP contribution < -0.4 is 0 Å². The number of benzene rings is 1. The summed E-state index contributed by atoms with van der Waals surface area (Å²) in [6.07, 6.45) is 6.79. The first-order valence-electron chi connectivity index (χ1n) is 10.9. The maximum Gasteiger partial charge on any atom is 0.242 e. The van der Waals surface area contributed by atoms with Crippen LogP contribution in [0.3, 0.4) is 0 Å². The second-order valence-corrected chi connectivity index (χ2v) is 9.25. The smallest absolute Gasteiger partial charge is 0.242 e. The average molecular weight is 443 g/mol. The summed E-state index contributed by atoms with van der Waals surface area (Å²) in [6.45, 7) is 7.05. The molecule has 6 heteroatoms. The molecule has 3 rings (SSSR count). The van der Waals surface area contributed by atoms with Crippen molar-refractivity contribution in [1.29, 1.82) is 0 Å². The Labute approximate surface area is 188 Å². The van der Waals surface area contributed by atoms with E-state index >= 15 is 0 Å². The lowest BCUT2D eigenvalue weighted by Gasteiger charge is -2.30. The summed E-state index contributed by atoms with van der Waals surface area (Å²) in [5, 5.41) is 2.02. The molecule has 0 bridgehead atoms. The highest BCUT2D eigenvalue weighted by molar-refractivity contribution is 7.10. The van der Waals surface area contributed by atoms with Crippen LogP contribution in [-0.2, 0) is 22.7 Å². The molecule has 1 saturated carbocycles.